The molecule has 1 heterocycles. The van der Waals surface area contributed by atoms with Gasteiger partial charge < -0.3 is 5.43 Å². The Balaban J connectivity index is 3.06. The van der Waals surface area contributed by atoms with E-state index in [2.05, 4.69) is 15.4 Å². The molecule has 0 aromatic carbocycles. The highest BCUT2D eigenvalue weighted by molar-refractivity contribution is 6.29. The van der Waals surface area contributed by atoms with Crippen LogP contribution in [-0.4, -0.2) is 9.97 Å². The molecule has 0 spiro atoms. The van der Waals surface area contributed by atoms with Crippen molar-refractivity contribution >= 4 is 17.4 Å². The fourth-order valence-electron chi connectivity index (χ4n) is 0.767. The Bertz CT molecular complexity index is 274. The van der Waals surface area contributed by atoms with Crippen LogP contribution >= 0.6 is 11.6 Å². The lowest BCUT2D eigenvalue weighted by molar-refractivity contribution is 0.775. The van der Waals surface area contributed by atoms with Crippen LogP contribution < -0.4 is 11.3 Å². The number of hydrazine groups is 1. The van der Waals surface area contributed by atoms with Gasteiger partial charge in [-0.15, -0.1) is 0 Å². The van der Waals surface area contributed by atoms with Crippen molar-refractivity contribution < 1.29 is 0 Å². The Morgan fingerprint density at radius 1 is 1.50 bits per heavy atom. The molecule has 5 heteroatoms. The van der Waals surface area contributed by atoms with Crippen LogP contribution in [0.15, 0.2) is 6.07 Å². The van der Waals surface area contributed by atoms with Crippen LogP contribution in [0, 0.1) is 0 Å². The Kier molecular flexibility index (Phi) is 2.83. The number of hydrogen-bond donors (Lipinski definition) is 2. The van der Waals surface area contributed by atoms with Gasteiger partial charge in [0.1, 0.15) is 16.8 Å². The molecule has 0 amide bonds. The Labute approximate surface area is 76.1 Å². The topological polar surface area (TPSA) is 63.8 Å². The molecule has 1 aromatic rings. The molecule has 66 valence electrons. The number of anilines is 1. The zero-order valence-electron chi connectivity index (χ0n) is 7.00. The number of nitrogens with two attached hydrogens (primary N) is 1. The standard InChI is InChI=1S/C7H11ClN4/c1-4(2)7-10-5(8)3-6(11-7)12-9/h3-4H,9H2,1-2H3,(H,10,11,12). The smallest absolute Gasteiger partial charge is 0.145 e. The van der Waals surface area contributed by atoms with E-state index in [9.17, 15) is 0 Å². The van der Waals surface area contributed by atoms with Crippen molar-refractivity contribution in [2.24, 2.45) is 5.84 Å². The maximum absolute atomic E-state index is 5.73. The van der Waals surface area contributed by atoms with E-state index in [-0.39, 0.29) is 5.92 Å². The highest BCUT2D eigenvalue weighted by Crippen LogP contribution is 2.15. The molecular weight excluding hydrogens is 176 g/mol. The number of nitrogen functional groups attached to an aromatic ring is 1. The van der Waals surface area contributed by atoms with E-state index in [0.29, 0.717) is 16.8 Å². The van der Waals surface area contributed by atoms with Crippen LogP contribution in [0.1, 0.15) is 25.6 Å². The third kappa shape index (κ3) is 2.06. The number of hydrogen-bond acceptors (Lipinski definition) is 4. The van der Waals surface area contributed by atoms with Crippen LogP contribution in [0.25, 0.3) is 0 Å². The van der Waals surface area contributed by atoms with Gasteiger partial charge in [-0.3, -0.25) is 0 Å². The molecule has 0 saturated heterocycles. The molecule has 0 aliphatic rings. The quantitative estimate of drug-likeness (QED) is 0.418. The van der Waals surface area contributed by atoms with E-state index >= 15 is 0 Å². The first-order valence-corrected chi connectivity index (χ1v) is 4.02. The number of nitrogens with zero attached hydrogens (tertiary/aromatic N) is 2. The zero-order chi connectivity index (χ0) is 9.14. The Morgan fingerprint density at radius 2 is 2.17 bits per heavy atom. The minimum absolute atomic E-state index is 0.246. The van der Waals surface area contributed by atoms with Gasteiger partial charge in [0, 0.05) is 12.0 Å². The fraction of sp³-hybridized carbons (Fsp3) is 0.429. The first-order chi connectivity index (χ1) is 5.63. The van der Waals surface area contributed by atoms with E-state index in [1.807, 2.05) is 13.8 Å². The van der Waals surface area contributed by atoms with Crippen LogP contribution in [-0.2, 0) is 0 Å². The van der Waals surface area contributed by atoms with Crippen molar-refractivity contribution in [3.8, 4) is 0 Å². The van der Waals surface area contributed by atoms with Gasteiger partial charge in [-0.05, 0) is 0 Å². The molecule has 0 unspecified atom stereocenters. The second kappa shape index (κ2) is 3.69. The van der Waals surface area contributed by atoms with Gasteiger partial charge in [0.2, 0.25) is 0 Å². The summed E-state index contributed by atoms with van der Waals surface area (Å²) in [5.74, 6) is 6.67. The van der Waals surface area contributed by atoms with Crippen LogP contribution in [0.5, 0.6) is 0 Å². The summed E-state index contributed by atoms with van der Waals surface area (Å²) >= 11 is 5.73. The molecule has 0 radical (unpaired) electrons. The van der Waals surface area contributed by atoms with Crippen molar-refractivity contribution in [1.29, 1.82) is 0 Å². The lowest BCUT2D eigenvalue weighted by Crippen LogP contribution is -2.10. The molecule has 4 nitrogen and oxygen atoms in total. The SMILES string of the molecule is CC(C)c1nc(Cl)cc(NN)n1. The lowest BCUT2D eigenvalue weighted by Gasteiger charge is -2.05. The number of halogens is 1. The van der Waals surface area contributed by atoms with Gasteiger partial charge in [0.05, 0.1) is 0 Å². The normalized spacial score (nSPS) is 10.4. The molecule has 3 N–H and O–H groups in total. The van der Waals surface area contributed by atoms with Gasteiger partial charge in [-0.25, -0.2) is 15.8 Å². The minimum Gasteiger partial charge on any atom is -0.308 e. The average Bonchev–Trinajstić information content (AvgIpc) is 2.03. The average molecular weight is 187 g/mol. The van der Waals surface area contributed by atoms with E-state index in [1.54, 1.807) is 6.07 Å². The molecule has 12 heavy (non-hydrogen) atoms. The molecule has 1 aromatic heterocycles. The summed E-state index contributed by atoms with van der Waals surface area (Å²) in [4.78, 5) is 8.16. The zero-order valence-corrected chi connectivity index (χ0v) is 7.76. The van der Waals surface area contributed by atoms with Gasteiger partial charge in [0.25, 0.3) is 0 Å². The maximum Gasteiger partial charge on any atom is 0.145 e. The van der Waals surface area contributed by atoms with Gasteiger partial charge >= 0.3 is 0 Å². The van der Waals surface area contributed by atoms with E-state index in [1.165, 1.54) is 0 Å². The molecule has 1 rings (SSSR count). The molecule has 0 aliphatic carbocycles. The first kappa shape index (κ1) is 9.22. The number of nitrogens with one attached hydrogen (secondary N) is 1. The lowest BCUT2D eigenvalue weighted by atomic mass is 10.2. The van der Waals surface area contributed by atoms with E-state index < -0.39 is 0 Å². The highest BCUT2D eigenvalue weighted by Gasteiger charge is 2.05. The molecule has 0 aliphatic heterocycles. The Hall–Kier alpha value is -0.870. The van der Waals surface area contributed by atoms with Crippen molar-refractivity contribution in [2.45, 2.75) is 19.8 Å². The maximum atomic E-state index is 5.73. The second-order valence-electron chi connectivity index (χ2n) is 2.73. The van der Waals surface area contributed by atoms with Crippen molar-refractivity contribution in [2.75, 3.05) is 5.43 Å². The van der Waals surface area contributed by atoms with E-state index in [0.717, 1.165) is 0 Å². The summed E-state index contributed by atoms with van der Waals surface area (Å²) in [6.07, 6.45) is 0. The number of rotatable bonds is 2. The molecule has 0 saturated carbocycles. The van der Waals surface area contributed by atoms with E-state index in [4.69, 9.17) is 17.4 Å². The van der Waals surface area contributed by atoms with Crippen LogP contribution in [0.2, 0.25) is 5.15 Å². The summed E-state index contributed by atoms with van der Waals surface area (Å²) < 4.78 is 0. The van der Waals surface area contributed by atoms with Crippen molar-refractivity contribution in [3.05, 3.63) is 17.0 Å². The predicted octanol–water partition coefficient (Wildman–Crippen LogP) is 1.54. The summed E-state index contributed by atoms with van der Waals surface area (Å²) in [7, 11) is 0. The van der Waals surface area contributed by atoms with Crippen LogP contribution in [0.4, 0.5) is 5.82 Å². The number of aromatic nitrogens is 2. The molecule has 0 bridgehead atoms. The predicted molar refractivity (Wildman–Crippen MR) is 48.9 cm³/mol. The summed E-state index contributed by atoms with van der Waals surface area (Å²) in [6.45, 7) is 3.98. The fourth-order valence-corrected chi connectivity index (χ4v) is 0.957. The molecular formula is C7H11ClN4. The monoisotopic (exact) mass is 186 g/mol. The Morgan fingerprint density at radius 3 is 2.67 bits per heavy atom. The summed E-state index contributed by atoms with van der Waals surface area (Å²) in [5.41, 5.74) is 2.43. The first-order valence-electron chi connectivity index (χ1n) is 3.64. The molecule has 0 atom stereocenters. The second-order valence-corrected chi connectivity index (χ2v) is 3.12. The highest BCUT2D eigenvalue weighted by atomic mass is 35.5. The molecule has 0 fully saturated rings. The van der Waals surface area contributed by atoms with Gasteiger partial charge in [-0.2, -0.15) is 0 Å². The van der Waals surface area contributed by atoms with Gasteiger partial charge in [0.15, 0.2) is 0 Å². The third-order valence-corrected chi connectivity index (χ3v) is 1.57. The van der Waals surface area contributed by atoms with Crippen molar-refractivity contribution in [3.63, 3.8) is 0 Å². The largest absolute Gasteiger partial charge is 0.308 e. The summed E-state index contributed by atoms with van der Waals surface area (Å²) in [5, 5.41) is 0.404. The minimum atomic E-state index is 0.246. The van der Waals surface area contributed by atoms with Crippen molar-refractivity contribution in [1.82, 2.24) is 9.97 Å². The van der Waals surface area contributed by atoms with Crippen LogP contribution in [0.3, 0.4) is 0 Å². The third-order valence-electron chi connectivity index (χ3n) is 1.38. The summed E-state index contributed by atoms with van der Waals surface area (Å²) in [6, 6.07) is 1.58. The van der Waals surface area contributed by atoms with Gasteiger partial charge in [-0.1, -0.05) is 25.4 Å².